The Morgan fingerprint density at radius 2 is 2.14 bits per heavy atom. The van der Waals surface area contributed by atoms with E-state index in [1.165, 1.54) is 6.42 Å². The van der Waals surface area contributed by atoms with Crippen molar-refractivity contribution in [2.75, 3.05) is 5.32 Å². The fourth-order valence-corrected chi connectivity index (χ4v) is 2.52. The molecule has 0 radical (unpaired) electrons. The Labute approximate surface area is 134 Å². The maximum atomic E-state index is 9.19. The van der Waals surface area contributed by atoms with Crippen molar-refractivity contribution >= 4 is 23.0 Å². The molecule has 1 saturated carbocycles. The molecule has 22 heavy (non-hydrogen) atoms. The number of nitriles is 1. The zero-order valence-electron chi connectivity index (χ0n) is 12.3. The smallest absolute Gasteiger partial charge is 0.148 e. The van der Waals surface area contributed by atoms with Crippen molar-refractivity contribution in [2.45, 2.75) is 32.3 Å². The van der Waals surface area contributed by atoms with Gasteiger partial charge in [-0.1, -0.05) is 11.6 Å². The first-order chi connectivity index (χ1) is 10.7. The zero-order chi connectivity index (χ0) is 15.5. The molecule has 1 aromatic heterocycles. The van der Waals surface area contributed by atoms with Crippen LogP contribution in [0.1, 0.15) is 30.4 Å². The summed E-state index contributed by atoms with van der Waals surface area (Å²) in [5, 5.41) is 12.6. The van der Waals surface area contributed by atoms with Crippen LogP contribution in [-0.2, 0) is 0 Å². The molecule has 0 atom stereocenters. The number of aryl methyl sites for hydroxylation is 1. The summed E-state index contributed by atoms with van der Waals surface area (Å²) >= 11 is 5.95. The average Bonchev–Trinajstić information content (AvgIpc) is 2.46. The first-order valence-electron chi connectivity index (χ1n) is 7.26. The molecule has 2 aromatic rings. The van der Waals surface area contributed by atoms with E-state index in [0.29, 0.717) is 17.4 Å². The lowest BCUT2D eigenvalue weighted by molar-refractivity contribution is 0.120. The maximum Gasteiger partial charge on any atom is 0.148 e. The second-order valence-electron chi connectivity index (χ2n) is 5.41. The minimum absolute atomic E-state index is 0.204. The lowest BCUT2D eigenvalue weighted by Crippen LogP contribution is -2.24. The van der Waals surface area contributed by atoms with Crippen LogP contribution >= 0.6 is 11.6 Å². The fraction of sp³-hybridized carbons (Fsp3) is 0.294. The van der Waals surface area contributed by atoms with Gasteiger partial charge >= 0.3 is 0 Å². The van der Waals surface area contributed by atoms with Gasteiger partial charge < -0.3 is 10.1 Å². The molecule has 0 unspecified atom stereocenters. The topological polar surface area (TPSA) is 57.9 Å². The van der Waals surface area contributed by atoms with Crippen LogP contribution in [0.4, 0.5) is 11.4 Å². The van der Waals surface area contributed by atoms with E-state index < -0.39 is 0 Å². The molecule has 4 nitrogen and oxygen atoms in total. The SMILES string of the molecule is Cc1cc(OC2CCC2)ccc1Nc1ccnc(Cl)c1C#N. The van der Waals surface area contributed by atoms with Crippen molar-refractivity contribution in [1.29, 1.82) is 5.26 Å². The number of hydrogen-bond donors (Lipinski definition) is 1. The molecule has 5 heteroatoms. The van der Waals surface area contributed by atoms with Gasteiger partial charge in [0.05, 0.1) is 11.8 Å². The van der Waals surface area contributed by atoms with Crippen molar-refractivity contribution in [3.8, 4) is 11.8 Å². The predicted molar refractivity (Wildman–Crippen MR) is 86.7 cm³/mol. The van der Waals surface area contributed by atoms with E-state index in [1.807, 2.05) is 25.1 Å². The van der Waals surface area contributed by atoms with Gasteiger partial charge in [-0.3, -0.25) is 0 Å². The van der Waals surface area contributed by atoms with Crippen LogP contribution in [0.3, 0.4) is 0 Å². The van der Waals surface area contributed by atoms with Gasteiger partial charge in [0.25, 0.3) is 0 Å². The van der Waals surface area contributed by atoms with Crippen molar-refractivity contribution in [1.82, 2.24) is 4.98 Å². The highest BCUT2D eigenvalue weighted by Gasteiger charge is 2.19. The summed E-state index contributed by atoms with van der Waals surface area (Å²) < 4.78 is 5.89. The lowest BCUT2D eigenvalue weighted by atomic mass is 9.96. The molecule has 112 valence electrons. The van der Waals surface area contributed by atoms with E-state index in [9.17, 15) is 5.26 Å². The van der Waals surface area contributed by atoms with Crippen molar-refractivity contribution in [2.24, 2.45) is 0 Å². The summed E-state index contributed by atoms with van der Waals surface area (Å²) in [6.07, 6.45) is 5.47. The van der Waals surface area contributed by atoms with E-state index in [0.717, 1.165) is 29.8 Å². The molecule has 0 saturated heterocycles. The Hall–Kier alpha value is -2.25. The van der Waals surface area contributed by atoms with E-state index in [-0.39, 0.29) is 5.15 Å². The number of hydrogen-bond acceptors (Lipinski definition) is 4. The van der Waals surface area contributed by atoms with Crippen LogP contribution in [0.5, 0.6) is 5.75 Å². The first-order valence-corrected chi connectivity index (χ1v) is 7.64. The van der Waals surface area contributed by atoms with E-state index in [2.05, 4.69) is 16.4 Å². The van der Waals surface area contributed by atoms with Gasteiger partial charge in [-0.2, -0.15) is 5.26 Å². The molecule has 3 rings (SSSR count). The molecule has 0 amide bonds. The molecule has 1 aromatic carbocycles. The van der Waals surface area contributed by atoms with Gasteiger partial charge in [-0.25, -0.2) is 4.98 Å². The van der Waals surface area contributed by atoms with Gasteiger partial charge in [-0.15, -0.1) is 0 Å². The molecule has 0 aliphatic heterocycles. The van der Waals surface area contributed by atoms with Gasteiger partial charge in [0.15, 0.2) is 0 Å². The standard InChI is InChI=1S/C17H16ClN3O/c1-11-9-13(22-12-3-2-4-12)5-6-15(11)21-16-7-8-20-17(18)14(16)10-19/h5-9,12H,2-4H2,1H3,(H,20,21). The van der Waals surface area contributed by atoms with Crippen LogP contribution in [0.25, 0.3) is 0 Å². The third-order valence-corrected chi connectivity index (χ3v) is 4.13. The number of anilines is 2. The minimum Gasteiger partial charge on any atom is -0.490 e. The first kappa shape index (κ1) is 14.7. The molecule has 1 heterocycles. The largest absolute Gasteiger partial charge is 0.490 e. The second kappa shape index (κ2) is 6.25. The van der Waals surface area contributed by atoms with E-state index in [1.54, 1.807) is 12.3 Å². The molecular formula is C17H16ClN3O. The normalized spacial score (nSPS) is 14.0. The third-order valence-electron chi connectivity index (χ3n) is 3.84. The Bertz CT molecular complexity index is 735. The predicted octanol–water partition coefficient (Wildman–Crippen LogP) is 4.59. The quantitative estimate of drug-likeness (QED) is 0.839. The molecular weight excluding hydrogens is 298 g/mol. The molecule has 1 fully saturated rings. The summed E-state index contributed by atoms with van der Waals surface area (Å²) in [6.45, 7) is 2.00. The van der Waals surface area contributed by atoms with Gasteiger partial charge in [0.2, 0.25) is 0 Å². The monoisotopic (exact) mass is 313 g/mol. The maximum absolute atomic E-state index is 9.19. The summed E-state index contributed by atoms with van der Waals surface area (Å²) in [5.41, 5.74) is 2.96. The number of halogens is 1. The number of nitrogens with zero attached hydrogens (tertiary/aromatic N) is 2. The highest BCUT2D eigenvalue weighted by atomic mass is 35.5. The number of benzene rings is 1. The summed E-state index contributed by atoms with van der Waals surface area (Å²) in [6, 6.07) is 9.73. The number of rotatable bonds is 4. The third kappa shape index (κ3) is 3.00. The van der Waals surface area contributed by atoms with Crippen LogP contribution in [0, 0.1) is 18.3 Å². The van der Waals surface area contributed by atoms with Crippen molar-refractivity contribution < 1.29 is 4.74 Å². The highest BCUT2D eigenvalue weighted by Crippen LogP contribution is 2.30. The molecule has 0 bridgehead atoms. The van der Waals surface area contributed by atoms with Crippen LogP contribution < -0.4 is 10.1 Å². The Kier molecular flexibility index (Phi) is 4.17. The summed E-state index contributed by atoms with van der Waals surface area (Å²) in [4.78, 5) is 3.92. The molecule has 1 N–H and O–H groups in total. The Morgan fingerprint density at radius 1 is 1.32 bits per heavy atom. The van der Waals surface area contributed by atoms with Gasteiger partial charge in [0.1, 0.15) is 22.5 Å². The van der Waals surface area contributed by atoms with Gasteiger partial charge in [0, 0.05) is 11.9 Å². The Balaban J connectivity index is 1.81. The summed E-state index contributed by atoms with van der Waals surface area (Å²) in [7, 11) is 0. The van der Waals surface area contributed by atoms with Crippen molar-refractivity contribution in [3.05, 3.63) is 46.7 Å². The summed E-state index contributed by atoms with van der Waals surface area (Å²) in [5.74, 6) is 0.890. The van der Waals surface area contributed by atoms with Crippen LogP contribution in [-0.4, -0.2) is 11.1 Å². The molecule has 1 aliphatic carbocycles. The number of nitrogens with one attached hydrogen (secondary N) is 1. The van der Waals surface area contributed by atoms with E-state index in [4.69, 9.17) is 16.3 Å². The highest BCUT2D eigenvalue weighted by molar-refractivity contribution is 6.30. The Morgan fingerprint density at radius 3 is 2.77 bits per heavy atom. The van der Waals surface area contributed by atoms with Crippen LogP contribution in [0.15, 0.2) is 30.5 Å². The number of aromatic nitrogens is 1. The molecule has 0 spiro atoms. The molecule has 1 aliphatic rings. The zero-order valence-corrected chi connectivity index (χ0v) is 13.0. The van der Waals surface area contributed by atoms with Crippen LogP contribution in [0.2, 0.25) is 5.15 Å². The number of ether oxygens (including phenoxy) is 1. The average molecular weight is 314 g/mol. The van der Waals surface area contributed by atoms with Crippen molar-refractivity contribution in [3.63, 3.8) is 0 Å². The lowest BCUT2D eigenvalue weighted by Gasteiger charge is -2.26. The van der Waals surface area contributed by atoms with Gasteiger partial charge in [-0.05, 0) is 56.0 Å². The number of pyridine rings is 1. The fourth-order valence-electron chi connectivity index (χ4n) is 2.32. The minimum atomic E-state index is 0.204. The van der Waals surface area contributed by atoms with E-state index >= 15 is 0 Å². The second-order valence-corrected chi connectivity index (χ2v) is 5.77.